The zero-order valence-corrected chi connectivity index (χ0v) is 9.00. The van der Waals surface area contributed by atoms with Gasteiger partial charge in [0.05, 0.1) is 0 Å². The van der Waals surface area contributed by atoms with Crippen LogP contribution in [0.3, 0.4) is 0 Å². The Bertz CT molecular complexity index is 477. The van der Waals surface area contributed by atoms with Crippen LogP contribution in [0.4, 0.5) is 8.78 Å². The Morgan fingerprint density at radius 1 is 1.25 bits per heavy atom. The highest BCUT2D eigenvalue weighted by atomic mass is 19.2. The molecular formula is C13H13F2N. The summed E-state index contributed by atoms with van der Waals surface area (Å²) in [6.07, 6.45) is 6.24. The van der Waals surface area contributed by atoms with E-state index in [1.54, 1.807) is 6.07 Å². The predicted octanol–water partition coefficient (Wildman–Crippen LogP) is 3.03. The molecule has 0 saturated heterocycles. The molecule has 0 heterocycles. The van der Waals surface area contributed by atoms with Gasteiger partial charge in [-0.25, -0.2) is 8.78 Å². The van der Waals surface area contributed by atoms with Crippen molar-refractivity contribution >= 4 is 0 Å². The smallest absolute Gasteiger partial charge is 0.159 e. The number of hydrogen-bond donors (Lipinski definition) is 1. The molecule has 0 aromatic heterocycles. The van der Waals surface area contributed by atoms with Crippen LogP contribution in [0.15, 0.2) is 42.1 Å². The molecule has 0 saturated carbocycles. The molecule has 0 amide bonds. The van der Waals surface area contributed by atoms with Crippen LogP contribution in [-0.4, -0.2) is 0 Å². The van der Waals surface area contributed by atoms with E-state index in [9.17, 15) is 8.78 Å². The highest BCUT2D eigenvalue weighted by molar-refractivity contribution is 5.37. The Balaban J connectivity index is 2.41. The van der Waals surface area contributed by atoms with E-state index in [-0.39, 0.29) is 5.41 Å². The Labute approximate surface area is 93.3 Å². The molecule has 3 heteroatoms. The molecule has 2 N–H and O–H groups in total. The number of allylic oxidation sites excluding steroid dienone is 4. The summed E-state index contributed by atoms with van der Waals surface area (Å²) in [6, 6.07) is 3.98. The van der Waals surface area contributed by atoms with Crippen LogP contribution in [0, 0.1) is 11.6 Å². The average Bonchev–Trinajstić information content (AvgIpc) is 2.21. The highest BCUT2D eigenvalue weighted by Crippen LogP contribution is 2.34. The fourth-order valence-corrected chi connectivity index (χ4v) is 1.98. The van der Waals surface area contributed by atoms with Crippen molar-refractivity contribution < 1.29 is 8.78 Å². The second kappa shape index (κ2) is 3.74. The first-order chi connectivity index (χ1) is 7.51. The van der Waals surface area contributed by atoms with Gasteiger partial charge in [-0.2, -0.15) is 0 Å². The molecule has 0 bridgehead atoms. The zero-order chi connectivity index (χ0) is 11.8. The van der Waals surface area contributed by atoms with Gasteiger partial charge in [0.1, 0.15) is 0 Å². The minimum absolute atomic E-state index is 0.354. The van der Waals surface area contributed by atoms with Gasteiger partial charge in [0.25, 0.3) is 0 Å². The summed E-state index contributed by atoms with van der Waals surface area (Å²) in [4.78, 5) is 0. The van der Waals surface area contributed by atoms with Crippen LogP contribution in [0.2, 0.25) is 0 Å². The number of hydrogen-bond acceptors (Lipinski definition) is 1. The summed E-state index contributed by atoms with van der Waals surface area (Å²) >= 11 is 0. The second-order valence-electron chi connectivity index (χ2n) is 4.32. The number of halogens is 2. The summed E-state index contributed by atoms with van der Waals surface area (Å²) < 4.78 is 26.0. The molecule has 1 aliphatic carbocycles. The standard InChI is InChI=1S/C13H13F2N/c1-13(6-2-3-10(16)8-13)9-4-5-11(14)12(15)7-9/h2-7H,8,16H2,1H3. The first-order valence-corrected chi connectivity index (χ1v) is 5.11. The first-order valence-electron chi connectivity index (χ1n) is 5.11. The molecule has 84 valence electrons. The monoisotopic (exact) mass is 221 g/mol. The minimum Gasteiger partial charge on any atom is -0.402 e. The number of benzene rings is 1. The van der Waals surface area contributed by atoms with Gasteiger partial charge in [0.2, 0.25) is 0 Å². The van der Waals surface area contributed by atoms with E-state index in [0.717, 1.165) is 17.3 Å². The fraction of sp³-hybridized carbons (Fsp3) is 0.231. The number of nitrogens with two attached hydrogens (primary N) is 1. The molecule has 1 nitrogen and oxygen atoms in total. The fourth-order valence-electron chi connectivity index (χ4n) is 1.98. The van der Waals surface area contributed by atoms with E-state index in [4.69, 9.17) is 5.73 Å². The highest BCUT2D eigenvalue weighted by Gasteiger charge is 2.26. The van der Waals surface area contributed by atoms with Crippen LogP contribution >= 0.6 is 0 Å². The van der Waals surface area contributed by atoms with Crippen molar-refractivity contribution in [2.24, 2.45) is 5.73 Å². The van der Waals surface area contributed by atoms with E-state index < -0.39 is 11.6 Å². The van der Waals surface area contributed by atoms with E-state index in [0.29, 0.717) is 6.42 Å². The van der Waals surface area contributed by atoms with Crippen LogP contribution < -0.4 is 5.73 Å². The van der Waals surface area contributed by atoms with Gasteiger partial charge in [-0.05, 0) is 30.2 Å². The molecule has 1 unspecified atom stereocenters. The Morgan fingerprint density at radius 2 is 2.00 bits per heavy atom. The molecule has 2 rings (SSSR count). The van der Waals surface area contributed by atoms with E-state index >= 15 is 0 Å². The lowest BCUT2D eigenvalue weighted by Crippen LogP contribution is -2.24. The second-order valence-corrected chi connectivity index (χ2v) is 4.32. The lowest BCUT2D eigenvalue weighted by molar-refractivity contribution is 0.498. The maximum Gasteiger partial charge on any atom is 0.159 e. The zero-order valence-electron chi connectivity index (χ0n) is 9.00. The summed E-state index contributed by atoms with van der Waals surface area (Å²) in [7, 11) is 0. The Morgan fingerprint density at radius 3 is 2.62 bits per heavy atom. The molecule has 0 fully saturated rings. The number of rotatable bonds is 1. The van der Waals surface area contributed by atoms with Crippen LogP contribution in [0.25, 0.3) is 0 Å². The third-order valence-electron chi connectivity index (χ3n) is 2.92. The summed E-state index contributed by atoms with van der Waals surface area (Å²) in [5, 5.41) is 0. The molecular weight excluding hydrogens is 208 g/mol. The topological polar surface area (TPSA) is 26.0 Å². The largest absolute Gasteiger partial charge is 0.402 e. The molecule has 1 aromatic rings. The van der Waals surface area contributed by atoms with Crippen molar-refractivity contribution in [1.29, 1.82) is 0 Å². The van der Waals surface area contributed by atoms with Crippen molar-refractivity contribution in [2.45, 2.75) is 18.8 Å². The lowest BCUT2D eigenvalue weighted by atomic mass is 9.76. The van der Waals surface area contributed by atoms with Crippen molar-refractivity contribution in [3.05, 3.63) is 59.3 Å². The predicted molar refractivity (Wildman–Crippen MR) is 59.7 cm³/mol. The lowest BCUT2D eigenvalue weighted by Gasteiger charge is -2.29. The van der Waals surface area contributed by atoms with E-state index in [2.05, 4.69) is 0 Å². The molecule has 1 aromatic carbocycles. The molecule has 1 atom stereocenters. The van der Waals surface area contributed by atoms with Crippen molar-refractivity contribution in [2.75, 3.05) is 0 Å². The maximum atomic E-state index is 13.2. The minimum atomic E-state index is -0.823. The van der Waals surface area contributed by atoms with Gasteiger partial charge < -0.3 is 5.73 Å². The SMILES string of the molecule is CC1(c2ccc(F)c(F)c2)C=CC=C(N)C1. The molecule has 0 spiro atoms. The van der Waals surface area contributed by atoms with E-state index in [1.807, 2.05) is 25.2 Å². The van der Waals surface area contributed by atoms with Gasteiger partial charge in [-0.1, -0.05) is 25.1 Å². The molecule has 0 radical (unpaired) electrons. The van der Waals surface area contributed by atoms with Gasteiger partial charge in [0.15, 0.2) is 11.6 Å². The van der Waals surface area contributed by atoms with Crippen LogP contribution in [0.1, 0.15) is 18.9 Å². The first kappa shape index (κ1) is 10.9. The Hall–Kier alpha value is -1.64. The molecule has 16 heavy (non-hydrogen) atoms. The molecule has 1 aliphatic rings. The summed E-state index contributed by atoms with van der Waals surface area (Å²) in [5.74, 6) is -1.64. The van der Waals surface area contributed by atoms with Crippen LogP contribution in [-0.2, 0) is 5.41 Å². The van der Waals surface area contributed by atoms with Crippen molar-refractivity contribution in [3.8, 4) is 0 Å². The summed E-state index contributed by atoms with van der Waals surface area (Å²) in [6.45, 7) is 1.95. The van der Waals surface area contributed by atoms with Crippen molar-refractivity contribution in [3.63, 3.8) is 0 Å². The maximum absolute atomic E-state index is 13.2. The molecule has 0 aliphatic heterocycles. The van der Waals surface area contributed by atoms with E-state index in [1.165, 1.54) is 6.07 Å². The third kappa shape index (κ3) is 1.85. The average molecular weight is 221 g/mol. The quantitative estimate of drug-likeness (QED) is 0.775. The van der Waals surface area contributed by atoms with Crippen molar-refractivity contribution in [1.82, 2.24) is 0 Å². The van der Waals surface area contributed by atoms with Gasteiger partial charge in [-0.15, -0.1) is 0 Å². The third-order valence-corrected chi connectivity index (χ3v) is 2.92. The normalized spacial score (nSPS) is 24.3. The van der Waals surface area contributed by atoms with Gasteiger partial charge >= 0.3 is 0 Å². The Kier molecular flexibility index (Phi) is 2.54. The van der Waals surface area contributed by atoms with Gasteiger partial charge in [0, 0.05) is 11.1 Å². The van der Waals surface area contributed by atoms with Gasteiger partial charge in [-0.3, -0.25) is 0 Å². The summed E-state index contributed by atoms with van der Waals surface area (Å²) in [5.41, 5.74) is 6.88. The van der Waals surface area contributed by atoms with Crippen LogP contribution in [0.5, 0.6) is 0 Å².